The van der Waals surface area contributed by atoms with E-state index in [2.05, 4.69) is 30.6 Å². The van der Waals surface area contributed by atoms with Gasteiger partial charge in [-0.1, -0.05) is 19.9 Å². The first kappa shape index (κ1) is 27.9. The Labute approximate surface area is 221 Å². The zero-order chi connectivity index (χ0) is 26.5. The quantitative estimate of drug-likeness (QED) is 0.411. The van der Waals surface area contributed by atoms with E-state index in [1.165, 1.54) is 4.90 Å². The van der Waals surface area contributed by atoms with Crippen LogP contribution >= 0.6 is 0 Å². The molecule has 0 spiro atoms. The molecule has 9 nitrogen and oxygen atoms in total. The maximum absolute atomic E-state index is 13.3. The Balaban J connectivity index is 1.34. The number of hydrogen-bond acceptors (Lipinski definition) is 5. The molecule has 1 saturated heterocycles. The average molecular weight is 518 g/mol. The first-order chi connectivity index (χ1) is 17.8. The molecule has 7 atom stereocenters. The highest BCUT2D eigenvalue weighted by Crippen LogP contribution is 2.38. The topological polar surface area (TPSA) is 128 Å². The third-order valence-electron chi connectivity index (χ3n) is 9.09. The van der Waals surface area contributed by atoms with Crippen LogP contribution in [0.25, 0.3) is 0 Å². The third-order valence-corrected chi connectivity index (χ3v) is 9.09. The maximum atomic E-state index is 13.3. The Kier molecular flexibility index (Phi) is 9.51. The molecule has 2 aliphatic carbocycles. The van der Waals surface area contributed by atoms with Gasteiger partial charge in [-0.3, -0.25) is 14.9 Å². The molecule has 0 bridgehead atoms. The fourth-order valence-corrected chi connectivity index (χ4v) is 7.19. The molecule has 7 unspecified atom stereocenters. The van der Waals surface area contributed by atoms with Crippen LogP contribution in [0.3, 0.4) is 0 Å². The summed E-state index contributed by atoms with van der Waals surface area (Å²) < 4.78 is 0. The lowest BCUT2D eigenvalue weighted by molar-refractivity contribution is -0.128. The SMILES string of the molecule is CCCN(CCC)C(=O)C1=CC2CCC(C(=O)NC3CCC4CCN(C(=O)O)CC4C3)CC2NC(N)C1. The van der Waals surface area contributed by atoms with Crippen molar-refractivity contribution in [2.45, 2.75) is 96.3 Å². The third kappa shape index (κ3) is 6.85. The van der Waals surface area contributed by atoms with Crippen molar-refractivity contribution in [3.8, 4) is 0 Å². The lowest BCUT2D eigenvalue weighted by Gasteiger charge is -2.43. The van der Waals surface area contributed by atoms with Crippen molar-refractivity contribution < 1.29 is 19.5 Å². The van der Waals surface area contributed by atoms with Gasteiger partial charge in [-0.05, 0) is 75.5 Å². The second kappa shape index (κ2) is 12.6. The normalized spacial score (nSPS) is 33.9. The van der Waals surface area contributed by atoms with E-state index in [0.717, 1.165) is 76.5 Å². The van der Waals surface area contributed by atoms with Gasteiger partial charge in [-0.2, -0.15) is 0 Å². The predicted octanol–water partition coefficient (Wildman–Crippen LogP) is 2.91. The van der Waals surface area contributed by atoms with E-state index in [4.69, 9.17) is 5.73 Å². The van der Waals surface area contributed by atoms with Crippen LogP contribution < -0.4 is 16.4 Å². The Morgan fingerprint density at radius 1 is 1.08 bits per heavy atom. The number of nitrogens with zero attached hydrogens (tertiary/aromatic N) is 2. The predicted molar refractivity (Wildman–Crippen MR) is 143 cm³/mol. The van der Waals surface area contributed by atoms with Gasteiger partial charge >= 0.3 is 6.09 Å². The highest BCUT2D eigenvalue weighted by molar-refractivity contribution is 5.93. The summed E-state index contributed by atoms with van der Waals surface area (Å²) in [5.41, 5.74) is 7.23. The van der Waals surface area contributed by atoms with Crippen molar-refractivity contribution >= 4 is 17.9 Å². The standard InChI is InChI=1S/C28H47N5O4/c1-3-10-32(11-4-2)27(35)21-13-19-5-6-20(15-24(19)31-25(29)16-21)26(34)30-23-8-7-18-9-12-33(28(36)37)17-22(18)14-23/h13,18-20,22-25,31H,3-12,14-17,29H2,1-2H3,(H,30,34)(H,36,37). The highest BCUT2D eigenvalue weighted by Gasteiger charge is 2.40. The van der Waals surface area contributed by atoms with Crippen LogP contribution in [0, 0.1) is 23.7 Å². The molecular formula is C28H47N5O4. The molecule has 9 heteroatoms. The van der Waals surface area contributed by atoms with E-state index in [9.17, 15) is 19.5 Å². The van der Waals surface area contributed by atoms with Crippen LogP contribution in [-0.2, 0) is 9.59 Å². The zero-order valence-electron chi connectivity index (χ0n) is 22.7. The second-order valence-electron chi connectivity index (χ2n) is 11.8. The minimum Gasteiger partial charge on any atom is -0.465 e. The van der Waals surface area contributed by atoms with Gasteiger partial charge in [0.2, 0.25) is 11.8 Å². The number of hydrogen-bond donors (Lipinski definition) is 4. The second-order valence-corrected chi connectivity index (χ2v) is 11.8. The molecule has 4 rings (SSSR count). The Hall–Kier alpha value is -2.13. The molecule has 0 aromatic carbocycles. The zero-order valence-corrected chi connectivity index (χ0v) is 22.7. The summed E-state index contributed by atoms with van der Waals surface area (Å²) >= 11 is 0. The molecule has 3 fully saturated rings. The van der Waals surface area contributed by atoms with Gasteiger partial charge in [0.15, 0.2) is 0 Å². The lowest BCUT2D eigenvalue weighted by atomic mass is 9.73. The number of fused-ring (bicyclic) bond motifs is 2. The molecule has 37 heavy (non-hydrogen) atoms. The Bertz CT molecular complexity index is 858. The summed E-state index contributed by atoms with van der Waals surface area (Å²) in [7, 11) is 0. The van der Waals surface area contributed by atoms with Crippen molar-refractivity contribution in [2.24, 2.45) is 29.4 Å². The number of rotatable bonds is 7. The molecular weight excluding hydrogens is 470 g/mol. The van der Waals surface area contributed by atoms with Crippen LogP contribution in [-0.4, -0.2) is 77.2 Å². The summed E-state index contributed by atoms with van der Waals surface area (Å²) in [6, 6.07) is 0.214. The summed E-state index contributed by atoms with van der Waals surface area (Å²) in [5, 5.41) is 16.2. The van der Waals surface area contributed by atoms with E-state index in [-0.39, 0.29) is 41.9 Å². The van der Waals surface area contributed by atoms with Gasteiger partial charge < -0.3 is 26.0 Å². The van der Waals surface area contributed by atoms with Gasteiger partial charge in [0.05, 0.1) is 6.17 Å². The number of carbonyl (C=O) groups is 3. The van der Waals surface area contributed by atoms with Gasteiger partial charge in [-0.15, -0.1) is 0 Å². The van der Waals surface area contributed by atoms with Crippen molar-refractivity contribution in [3.63, 3.8) is 0 Å². The monoisotopic (exact) mass is 517 g/mol. The van der Waals surface area contributed by atoms with Gasteiger partial charge in [-0.25, -0.2) is 4.79 Å². The van der Waals surface area contributed by atoms with Crippen molar-refractivity contribution in [1.29, 1.82) is 0 Å². The molecule has 2 heterocycles. The van der Waals surface area contributed by atoms with Crippen LogP contribution in [0.2, 0.25) is 0 Å². The van der Waals surface area contributed by atoms with E-state index in [0.29, 0.717) is 31.3 Å². The summed E-state index contributed by atoms with van der Waals surface area (Å²) in [5.74, 6) is 1.28. The maximum Gasteiger partial charge on any atom is 0.407 e. The van der Waals surface area contributed by atoms with E-state index >= 15 is 0 Å². The fourth-order valence-electron chi connectivity index (χ4n) is 7.19. The van der Waals surface area contributed by atoms with Crippen molar-refractivity contribution in [3.05, 3.63) is 11.6 Å². The van der Waals surface area contributed by atoms with Gasteiger partial charge in [0.1, 0.15) is 0 Å². The van der Waals surface area contributed by atoms with Crippen LogP contribution in [0.4, 0.5) is 4.79 Å². The van der Waals surface area contributed by atoms with Crippen LogP contribution in [0.5, 0.6) is 0 Å². The lowest BCUT2D eigenvalue weighted by Crippen LogP contribution is -2.52. The molecule has 4 aliphatic rings. The molecule has 208 valence electrons. The summed E-state index contributed by atoms with van der Waals surface area (Å²) in [4.78, 5) is 41.5. The Morgan fingerprint density at radius 3 is 2.54 bits per heavy atom. The smallest absolute Gasteiger partial charge is 0.407 e. The van der Waals surface area contributed by atoms with Crippen LogP contribution in [0.15, 0.2) is 11.6 Å². The molecule has 0 radical (unpaired) electrons. The minimum absolute atomic E-state index is 0.0668. The van der Waals surface area contributed by atoms with Crippen molar-refractivity contribution in [2.75, 3.05) is 26.2 Å². The fraction of sp³-hybridized carbons (Fsp3) is 0.821. The molecule has 0 aromatic heterocycles. The van der Waals surface area contributed by atoms with Crippen molar-refractivity contribution in [1.82, 2.24) is 20.4 Å². The Morgan fingerprint density at radius 2 is 1.84 bits per heavy atom. The first-order valence-corrected chi connectivity index (χ1v) is 14.6. The first-order valence-electron chi connectivity index (χ1n) is 14.6. The number of nitrogens with two attached hydrogens (primary N) is 1. The number of carbonyl (C=O) groups excluding carboxylic acids is 2. The van der Waals surface area contributed by atoms with E-state index in [1.54, 1.807) is 0 Å². The molecule has 0 aromatic rings. The molecule has 3 amide bonds. The van der Waals surface area contributed by atoms with E-state index in [1.807, 2.05) is 4.90 Å². The van der Waals surface area contributed by atoms with E-state index < -0.39 is 6.09 Å². The van der Waals surface area contributed by atoms with Gasteiger partial charge in [0.25, 0.3) is 0 Å². The number of carboxylic acid groups (broad SMARTS) is 1. The highest BCUT2D eigenvalue weighted by atomic mass is 16.4. The summed E-state index contributed by atoms with van der Waals surface area (Å²) in [6.45, 7) is 6.93. The number of likely N-dealkylation sites (tertiary alicyclic amines) is 1. The summed E-state index contributed by atoms with van der Waals surface area (Å²) in [6.07, 6.45) is 9.64. The van der Waals surface area contributed by atoms with Crippen LogP contribution in [0.1, 0.15) is 78.1 Å². The number of piperidine rings is 1. The largest absolute Gasteiger partial charge is 0.465 e. The number of nitrogens with one attached hydrogen (secondary N) is 2. The molecule has 2 saturated carbocycles. The minimum atomic E-state index is -0.835. The average Bonchev–Trinajstić information content (AvgIpc) is 3.05. The van der Waals surface area contributed by atoms with Gasteiger partial charge in [0, 0.05) is 56.2 Å². The molecule has 2 aliphatic heterocycles. The number of amides is 3. The molecule has 5 N–H and O–H groups in total.